The van der Waals surface area contributed by atoms with E-state index in [0.29, 0.717) is 29.4 Å². The van der Waals surface area contributed by atoms with Crippen LogP contribution in [0.1, 0.15) is 47.2 Å². The second-order valence-electron chi connectivity index (χ2n) is 6.66. The van der Waals surface area contributed by atoms with Crippen LogP contribution in [0.3, 0.4) is 0 Å². The summed E-state index contributed by atoms with van der Waals surface area (Å²) in [5.41, 5.74) is 3.07. The zero-order chi connectivity index (χ0) is 21.0. The fraction of sp³-hybridized carbons (Fsp3) is 0.227. The van der Waals surface area contributed by atoms with Crippen LogP contribution in [0.25, 0.3) is 11.1 Å². The van der Waals surface area contributed by atoms with E-state index >= 15 is 0 Å². The first-order valence-electron chi connectivity index (χ1n) is 9.21. The van der Waals surface area contributed by atoms with Crippen LogP contribution in [-0.2, 0) is 13.0 Å². The Kier molecular flexibility index (Phi) is 6.58. The van der Waals surface area contributed by atoms with Crippen LogP contribution in [0.15, 0.2) is 42.5 Å². The van der Waals surface area contributed by atoms with E-state index in [-0.39, 0.29) is 10.8 Å². The molecule has 1 aromatic heterocycles. The molecule has 0 radical (unpaired) electrons. The number of nitrogens with zero attached hydrogens (tertiary/aromatic N) is 3. The molecule has 2 aromatic carbocycles. The van der Waals surface area contributed by atoms with Gasteiger partial charge in [0, 0.05) is 23.6 Å². The first-order valence-corrected chi connectivity index (χ1v) is 9.97. The molecule has 0 saturated carbocycles. The monoisotopic (exact) mass is 427 g/mol. The molecule has 0 spiro atoms. The Morgan fingerprint density at radius 1 is 1.21 bits per heavy atom. The van der Waals surface area contributed by atoms with E-state index in [1.165, 1.54) is 0 Å². The van der Waals surface area contributed by atoms with E-state index in [4.69, 9.17) is 23.2 Å². The molecule has 0 atom stereocenters. The molecule has 0 saturated heterocycles. The Morgan fingerprint density at radius 2 is 1.93 bits per heavy atom. The number of nitriles is 1. The zero-order valence-electron chi connectivity index (χ0n) is 15.8. The van der Waals surface area contributed by atoms with Gasteiger partial charge in [0.2, 0.25) is 0 Å². The lowest BCUT2D eigenvalue weighted by Gasteiger charge is -2.11. The van der Waals surface area contributed by atoms with Gasteiger partial charge in [-0.2, -0.15) is 5.26 Å². The highest BCUT2D eigenvalue weighted by Gasteiger charge is 2.21. The standard InChI is InChI=1S/C22H19Cl2N3O2/c1-2-3-4-19-26-21(24)20(22(28)29)27(19)13-14-5-7-15(8-6-14)18-11-17(23)10-9-16(18)12-25/h5-11H,2-4,13H2,1H3,(H,28,29). The number of unbranched alkanes of at least 4 members (excludes halogenated alkanes) is 1. The van der Waals surface area contributed by atoms with Crippen LogP contribution in [-0.4, -0.2) is 20.6 Å². The Morgan fingerprint density at radius 3 is 2.55 bits per heavy atom. The smallest absolute Gasteiger partial charge is 0.355 e. The summed E-state index contributed by atoms with van der Waals surface area (Å²) in [4.78, 5) is 15.9. The average molecular weight is 428 g/mol. The number of aromatic nitrogens is 2. The summed E-state index contributed by atoms with van der Waals surface area (Å²) in [5.74, 6) is -0.431. The van der Waals surface area contributed by atoms with Crippen molar-refractivity contribution in [3.63, 3.8) is 0 Å². The number of hydrogen-bond donors (Lipinski definition) is 1. The fourth-order valence-electron chi connectivity index (χ4n) is 3.19. The Balaban J connectivity index is 1.94. The number of hydrogen-bond acceptors (Lipinski definition) is 3. The summed E-state index contributed by atoms with van der Waals surface area (Å²) in [6.45, 7) is 2.42. The molecule has 0 amide bonds. The molecule has 3 aromatic rings. The van der Waals surface area contributed by atoms with E-state index in [0.717, 1.165) is 29.5 Å². The minimum Gasteiger partial charge on any atom is -0.476 e. The van der Waals surface area contributed by atoms with Crippen molar-refractivity contribution in [2.75, 3.05) is 0 Å². The lowest BCUT2D eigenvalue weighted by atomic mass is 9.99. The maximum Gasteiger partial charge on any atom is 0.355 e. The van der Waals surface area contributed by atoms with Crippen LogP contribution < -0.4 is 0 Å². The number of carbonyl (C=O) groups is 1. The first-order chi connectivity index (χ1) is 13.9. The number of aryl methyl sites for hydroxylation is 1. The van der Waals surface area contributed by atoms with Gasteiger partial charge in [0.25, 0.3) is 0 Å². The molecule has 148 valence electrons. The number of imidazole rings is 1. The van der Waals surface area contributed by atoms with E-state index in [1.54, 1.807) is 22.8 Å². The maximum atomic E-state index is 11.7. The van der Waals surface area contributed by atoms with Crippen LogP contribution >= 0.6 is 23.2 Å². The van der Waals surface area contributed by atoms with Crippen molar-refractivity contribution in [3.8, 4) is 17.2 Å². The Labute approximate surface area is 179 Å². The van der Waals surface area contributed by atoms with Gasteiger partial charge in [-0.25, -0.2) is 9.78 Å². The number of benzene rings is 2. The van der Waals surface area contributed by atoms with Crippen molar-refractivity contribution < 1.29 is 9.90 Å². The van der Waals surface area contributed by atoms with Gasteiger partial charge in [-0.1, -0.05) is 60.8 Å². The number of carboxylic acid groups (broad SMARTS) is 1. The summed E-state index contributed by atoms with van der Waals surface area (Å²) in [7, 11) is 0. The molecular weight excluding hydrogens is 409 g/mol. The van der Waals surface area contributed by atoms with Crippen LogP contribution in [0.5, 0.6) is 0 Å². The van der Waals surface area contributed by atoms with Crippen molar-refractivity contribution in [2.24, 2.45) is 0 Å². The molecule has 0 bridgehead atoms. The van der Waals surface area contributed by atoms with Crippen LogP contribution in [0.4, 0.5) is 0 Å². The maximum absolute atomic E-state index is 11.7. The minimum absolute atomic E-state index is 0.00320. The lowest BCUT2D eigenvalue weighted by molar-refractivity contribution is 0.0685. The molecule has 5 nitrogen and oxygen atoms in total. The van der Waals surface area contributed by atoms with Gasteiger partial charge in [0.05, 0.1) is 11.6 Å². The molecule has 0 aliphatic heterocycles. The Hall–Kier alpha value is -2.81. The highest BCUT2D eigenvalue weighted by atomic mass is 35.5. The molecule has 0 unspecified atom stereocenters. The van der Waals surface area contributed by atoms with E-state index < -0.39 is 5.97 Å². The second kappa shape index (κ2) is 9.13. The quantitative estimate of drug-likeness (QED) is 0.515. The van der Waals surface area contributed by atoms with Crippen molar-refractivity contribution in [3.05, 3.63) is 75.3 Å². The van der Waals surface area contributed by atoms with Crippen LogP contribution in [0, 0.1) is 11.3 Å². The highest BCUT2D eigenvalue weighted by Crippen LogP contribution is 2.28. The van der Waals surface area contributed by atoms with E-state index in [2.05, 4.69) is 18.0 Å². The summed E-state index contributed by atoms with van der Waals surface area (Å²) >= 11 is 12.2. The third kappa shape index (κ3) is 4.61. The number of halogens is 2. The van der Waals surface area contributed by atoms with Crippen molar-refractivity contribution >= 4 is 29.2 Å². The lowest BCUT2D eigenvalue weighted by Crippen LogP contribution is -2.13. The van der Waals surface area contributed by atoms with E-state index in [1.807, 2.05) is 24.3 Å². The van der Waals surface area contributed by atoms with Gasteiger partial charge in [0.15, 0.2) is 10.8 Å². The highest BCUT2D eigenvalue weighted by molar-refractivity contribution is 6.32. The zero-order valence-corrected chi connectivity index (χ0v) is 17.3. The molecule has 3 rings (SSSR count). The van der Waals surface area contributed by atoms with Crippen molar-refractivity contribution in [1.29, 1.82) is 5.26 Å². The van der Waals surface area contributed by atoms with Gasteiger partial charge in [-0.05, 0) is 35.7 Å². The third-order valence-corrected chi connectivity index (χ3v) is 5.17. The molecule has 0 aliphatic carbocycles. The molecular formula is C22H19Cl2N3O2. The topological polar surface area (TPSA) is 78.9 Å². The largest absolute Gasteiger partial charge is 0.476 e. The van der Waals surface area contributed by atoms with Gasteiger partial charge in [0.1, 0.15) is 5.82 Å². The molecule has 1 heterocycles. The summed E-state index contributed by atoms with van der Waals surface area (Å²) < 4.78 is 1.66. The number of carboxylic acids is 1. The summed E-state index contributed by atoms with van der Waals surface area (Å²) in [6.07, 6.45) is 2.54. The predicted octanol–water partition coefficient (Wildman–Crippen LogP) is 5.82. The van der Waals surface area contributed by atoms with E-state index in [9.17, 15) is 15.2 Å². The van der Waals surface area contributed by atoms with Crippen molar-refractivity contribution in [1.82, 2.24) is 9.55 Å². The van der Waals surface area contributed by atoms with Gasteiger partial charge >= 0.3 is 5.97 Å². The SMILES string of the molecule is CCCCc1nc(Cl)c(C(=O)O)n1Cc1ccc(-c2cc(Cl)ccc2C#N)cc1. The predicted molar refractivity (Wildman–Crippen MR) is 114 cm³/mol. The average Bonchev–Trinajstić information content (AvgIpc) is 3.02. The second-order valence-corrected chi connectivity index (χ2v) is 7.46. The fourth-order valence-corrected chi connectivity index (χ4v) is 3.64. The molecule has 7 heteroatoms. The molecule has 1 N–H and O–H groups in total. The number of rotatable bonds is 7. The molecule has 0 fully saturated rings. The first kappa shape index (κ1) is 20.9. The molecule has 0 aliphatic rings. The third-order valence-electron chi connectivity index (χ3n) is 4.67. The van der Waals surface area contributed by atoms with Crippen LogP contribution in [0.2, 0.25) is 10.2 Å². The van der Waals surface area contributed by atoms with Crippen molar-refractivity contribution in [2.45, 2.75) is 32.7 Å². The normalized spacial score (nSPS) is 10.7. The molecule has 29 heavy (non-hydrogen) atoms. The number of aromatic carboxylic acids is 1. The Bertz CT molecular complexity index is 1080. The summed E-state index contributed by atoms with van der Waals surface area (Å²) in [6, 6.07) is 14.9. The van der Waals surface area contributed by atoms with Gasteiger partial charge in [-0.3, -0.25) is 0 Å². The summed E-state index contributed by atoms with van der Waals surface area (Å²) in [5, 5.41) is 19.5. The van der Waals surface area contributed by atoms with Gasteiger partial charge in [-0.15, -0.1) is 0 Å². The van der Waals surface area contributed by atoms with Gasteiger partial charge < -0.3 is 9.67 Å². The minimum atomic E-state index is -1.10.